The van der Waals surface area contributed by atoms with Crippen LogP contribution in [0.5, 0.6) is 0 Å². The van der Waals surface area contributed by atoms with E-state index in [4.69, 9.17) is 0 Å². The Morgan fingerprint density at radius 2 is 1.73 bits per heavy atom. The zero-order valence-corrected chi connectivity index (χ0v) is 19.8. The first-order valence-corrected chi connectivity index (χ1v) is 9.94. The Kier molecular flexibility index (Phi) is 8.22. The van der Waals surface area contributed by atoms with Crippen LogP contribution in [0.25, 0.3) is 11.3 Å². The quantitative estimate of drug-likeness (QED) is 0.351. The Balaban J connectivity index is 0.000000237. The van der Waals surface area contributed by atoms with Gasteiger partial charge in [-0.15, -0.1) is 0 Å². The number of aromatic nitrogens is 6. The van der Waals surface area contributed by atoms with Crippen LogP contribution < -0.4 is 40.4 Å². The van der Waals surface area contributed by atoms with Gasteiger partial charge in [0.15, 0.2) is 0 Å². The number of hydrogen-bond donors (Lipinski definition) is 1. The molecule has 33 heavy (non-hydrogen) atoms. The topological polar surface area (TPSA) is 90.0 Å². The summed E-state index contributed by atoms with van der Waals surface area (Å²) in [6, 6.07) is 4.36. The van der Waals surface area contributed by atoms with E-state index in [1.54, 1.807) is 33.8 Å². The molecule has 0 radical (unpaired) electrons. The number of hydrogen-bond acceptors (Lipinski definition) is 6. The van der Waals surface area contributed by atoms with Crippen LogP contribution in [0.4, 0.5) is 19.0 Å². The summed E-state index contributed by atoms with van der Waals surface area (Å²) in [5, 5.41) is 3.44. The summed E-state index contributed by atoms with van der Waals surface area (Å²) in [5.41, 5.74) is 0.153. The zero-order valence-electron chi connectivity index (χ0n) is 17.8. The zero-order chi connectivity index (χ0) is 22.6. The summed E-state index contributed by atoms with van der Waals surface area (Å²) in [6.45, 7) is 0. The molecular formula is C21H19F3N7NaO. The monoisotopic (exact) mass is 465 g/mol. The molecule has 4 aromatic heterocycles. The van der Waals surface area contributed by atoms with Crippen LogP contribution in [0.15, 0.2) is 60.3 Å². The Labute approximate surface area is 209 Å². The molecule has 1 aliphatic rings. The molecule has 0 amide bonds. The molecule has 12 heteroatoms. The average Bonchev–Trinajstić information content (AvgIpc) is 3.48. The largest absolute Gasteiger partial charge is 1.00 e. The molecule has 0 aromatic carbocycles. The summed E-state index contributed by atoms with van der Waals surface area (Å²) in [6.07, 6.45) is 12.6. The van der Waals surface area contributed by atoms with E-state index in [-0.39, 0.29) is 35.1 Å². The Bertz CT molecular complexity index is 1220. The van der Waals surface area contributed by atoms with Gasteiger partial charge in [-0.2, -0.15) is 13.2 Å². The van der Waals surface area contributed by atoms with E-state index in [1.165, 1.54) is 25.7 Å². The number of alkyl halides is 3. The summed E-state index contributed by atoms with van der Waals surface area (Å²) >= 11 is 0. The van der Waals surface area contributed by atoms with Crippen molar-refractivity contribution in [3.05, 3.63) is 77.8 Å². The minimum absolute atomic E-state index is 0. The second-order valence-corrected chi connectivity index (χ2v) is 7.23. The van der Waals surface area contributed by atoms with E-state index < -0.39 is 11.7 Å². The van der Waals surface area contributed by atoms with Gasteiger partial charge in [-0.1, -0.05) is 25.2 Å². The van der Waals surface area contributed by atoms with Crippen LogP contribution in [0, 0.1) is 6.33 Å². The van der Waals surface area contributed by atoms with Crippen LogP contribution in [-0.2, 0) is 6.18 Å². The van der Waals surface area contributed by atoms with Gasteiger partial charge in [0.05, 0.1) is 11.9 Å². The van der Waals surface area contributed by atoms with E-state index in [2.05, 4.69) is 25.3 Å². The van der Waals surface area contributed by atoms with Gasteiger partial charge >= 0.3 is 35.7 Å². The first-order chi connectivity index (χ1) is 15.4. The average molecular weight is 465 g/mol. The van der Waals surface area contributed by atoms with E-state index >= 15 is 0 Å². The van der Waals surface area contributed by atoms with Crippen LogP contribution in [0.2, 0.25) is 0 Å². The molecule has 0 atom stereocenters. The molecule has 1 aliphatic carbocycles. The molecule has 0 aliphatic heterocycles. The Hall–Kier alpha value is -2.76. The number of anilines is 1. The molecule has 0 saturated heterocycles. The fourth-order valence-electron chi connectivity index (χ4n) is 3.42. The third-order valence-electron chi connectivity index (χ3n) is 5.04. The number of nitrogens with one attached hydrogen (secondary N) is 1. The fraction of sp³-hybridized carbons (Fsp3) is 0.286. The summed E-state index contributed by atoms with van der Waals surface area (Å²) in [4.78, 5) is 27.1. The van der Waals surface area contributed by atoms with Crippen molar-refractivity contribution >= 4 is 11.5 Å². The number of fused-ring (bicyclic) bond motifs is 1. The first-order valence-electron chi connectivity index (χ1n) is 9.94. The smallest absolute Gasteiger partial charge is 0.374 e. The second-order valence-electron chi connectivity index (χ2n) is 7.23. The van der Waals surface area contributed by atoms with Gasteiger partial charge in [0.25, 0.3) is 5.56 Å². The fourth-order valence-corrected chi connectivity index (χ4v) is 3.42. The molecule has 8 nitrogen and oxygen atoms in total. The van der Waals surface area contributed by atoms with E-state index in [0.29, 0.717) is 24.1 Å². The maximum Gasteiger partial charge on any atom is 1.00 e. The van der Waals surface area contributed by atoms with Crippen molar-refractivity contribution < 1.29 is 42.7 Å². The predicted molar refractivity (Wildman–Crippen MR) is 110 cm³/mol. The van der Waals surface area contributed by atoms with Crippen molar-refractivity contribution in [1.29, 1.82) is 0 Å². The molecule has 0 spiro atoms. The molecule has 1 saturated carbocycles. The molecule has 166 valence electrons. The van der Waals surface area contributed by atoms with Gasteiger partial charge in [-0.25, -0.2) is 9.97 Å². The maximum absolute atomic E-state index is 12.4. The number of imidazole rings is 1. The van der Waals surface area contributed by atoms with Crippen molar-refractivity contribution in [2.24, 2.45) is 0 Å². The maximum atomic E-state index is 12.4. The number of rotatable bonds is 3. The van der Waals surface area contributed by atoms with Crippen LogP contribution in [-0.4, -0.2) is 34.9 Å². The van der Waals surface area contributed by atoms with Crippen LogP contribution in [0.3, 0.4) is 0 Å². The van der Waals surface area contributed by atoms with E-state index in [0.717, 1.165) is 11.5 Å². The summed E-state index contributed by atoms with van der Waals surface area (Å²) in [5.74, 6) is 0.866. The molecule has 0 bridgehead atoms. The van der Waals surface area contributed by atoms with Gasteiger partial charge in [0.1, 0.15) is 5.82 Å². The molecule has 4 aromatic rings. The molecule has 5 rings (SSSR count). The van der Waals surface area contributed by atoms with Crippen molar-refractivity contribution in [3.63, 3.8) is 0 Å². The van der Waals surface area contributed by atoms with Crippen LogP contribution >= 0.6 is 0 Å². The first kappa shape index (κ1) is 24.9. The molecule has 1 fully saturated rings. The van der Waals surface area contributed by atoms with Gasteiger partial charge in [-0.3, -0.25) is 9.36 Å². The van der Waals surface area contributed by atoms with Gasteiger partial charge < -0.3 is 19.7 Å². The van der Waals surface area contributed by atoms with Crippen molar-refractivity contribution in [1.82, 2.24) is 28.9 Å². The number of nitrogens with zero attached hydrogens (tertiary/aromatic N) is 6. The molecule has 0 unspecified atom stereocenters. The van der Waals surface area contributed by atoms with Crippen molar-refractivity contribution in [3.8, 4) is 5.69 Å². The normalized spacial score (nSPS) is 13.8. The SMILES string of the molecule is FC(F)(F)c1cn[c-]nc1.O=c1c2nccn2ccn1-c1ccc(NC2CCCC2)nc1.[Na+]. The Morgan fingerprint density at radius 3 is 2.33 bits per heavy atom. The minimum atomic E-state index is -4.35. The Morgan fingerprint density at radius 1 is 1.00 bits per heavy atom. The predicted octanol–water partition coefficient (Wildman–Crippen LogP) is 0.534. The molecule has 1 N–H and O–H groups in total. The van der Waals surface area contributed by atoms with Gasteiger partial charge in [0, 0.05) is 37.2 Å². The second kappa shape index (κ2) is 10.9. The number of pyridine rings is 1. The van der Waals surface area contributed by atoms with E-state index in [9.17, 15) is 18.0 Å². The molecule has 4 heterocycles. The van der Waals surface area contributed by atoms with Crippen molar-refractivity contribution in [2.45, 2.75) is 37.9 Å². The standard InChI is InChI=1S/C16H17N5O.C5H2F3N2.Na/c22-16-15-17-7-8-20(15)9-10-21(16)13-5-6-14(18-11-13)19-12-3-1-2-4-12;6-5(7,8)4-1-9-3-10-2-4;/h5-12H,1-4H2,(H,18,19);1-2H;/q;-1;+1. The van der Waals surface area contributed by atoms with E-state index in [1.807, 2.05) is 24.7 Å². The van der Waals surface area contributed by atoms with Crippen LogP contribution in [0.1, 0.15) is 31.2 Å². The van der Waals surface area contributed by atoms with Gasteiger partial charge in [-0.05, 0) is 30.5 Å². The van der Waals surface area contributed by atoms with Gasteiger partial charge in [0.2, 0.25) is 5.65 Å². The van der Waals surface area contributed by atoms with Crippen molar-refractivity contribution in [2.75, 3.05) is 5.32 Å². The third-order valence-corrected chi connectivity index (χ3v) is 5.04. The number of halogens is 3. The minimum Gasteiger partial charge on any atom is -0.374 e. The third kappa shape index (κ3) is 6.18. The summed E-state index contributed by atoms with van der Waals surface area (Å²) in [7, 11) is 0. The molecular weight excluding hydrogens is 446 g/mol. The summed E-state index contributed by atoms with van der Waals surface area (Å²) < 4.78 is 38.4.